The van der Waals surface area contributed by atoms with E-state index < -0.39 is 11.9 Å². The van der Waals surface area contributed by atoms with Gasteiger partial charge in [0.15, 0.2) is 11.4 Å². The molecule has 0 aliphatic heterocycles. The molecule has 0 saturated heterocycles. The Labute approximate surface area is 115 Å². The lowest BCUT2D eigenvalue weighted by molar-refractivity contribution is 0.0518. The van der Waals surface area contributed by atoms with Crippen LogP contribution in [0.1, 0.15) is 33.5 Å². The Bertz CT molecular complexity index is 661. The molecule has 0 fully saturated rings. The Kier molecular flexibility index (Phi) is 3.84. The molecule has 6 heteroatoms. The molecule has 0 unspecified atom stereocenters. The monoisotopic (exact) mass is 274 g/mol. The van der Waals surface area contributed by atoms with Crippen LogP contribution in [-0.2, 0) is 4.74 Å². The van der Waals surface area contributed by atoms with Crippen LogP contribution < -0.4 is 0 Å². The fourth-order valence-corrected chi connectivity index (χ4v) is 1.79. The third-order valence-corrected chi connectivity index (χ3v) is 2.66. The van der Waals surface area contributed by atoms with Crippen molar-refractivity contribution < 1.29 is 19.4 Å². The highest BCUT2D eigenvalue weighted by Gasteiger charge is 2.20. The van der Waals surface area contributed by atoms with E-state index in [2.05, 4.69) is 5.10 Å². The maximum absolute atomic E-state index is 11.6. The van der Waals surface area contributed by atoms with Gasteiger partial charge in [-0.1, -0.05) is 12.1 Å². The minimum Gasteiger partial charge on any atom is -0.477 e. The van der Waals surface area contributed by atoms with E-state index >= 15 is 0 Å². The first-order chi connectivity index (χ1) is 9.52. The number of carbonyl (C=O) groups excluding carboxylic acids is 1. The molecule has 104 valence electrons. The Balaban J connectivity index is 2.51. The molecule has 1 aromatic heterocycles. The van der Waals surface area contributed by atoms with Gasteiger partial charge in [-0.2, -0.15) is 5.10 Å². The number of aromatic carboxylic acids is 1. The van der Waals surface area contributed by atoms with Gasteiger partial charge in [0.1, 0.15) is 0 Å². The molecule has 0 atom stereocenters. The molecule has 6 nitrogen and oxygen atoms in total. The fraction of sp³-hybridized carbons (Fsp3) is 0.214. The number of rotatable bonds is 4. The molecule has 2 aromatic rings. The maximum atomic E-state index is 11.6. The Morgan fingerprint density at radius 2 is 2.10 bits per heavy atom. The van der Waals surface area contributed by atoms with Gasteiger partial charge in [-0.25, -0.2) is 14.3 Å². The second kappa shape index (κ2) is 5.56. The molecule has 1 aromatic carbocycles. The van der Waals surface area contributed by atoms with E-state index in [9.17, 15) is 14.7 Å². The number of hydrogen-bond donors (Lipinski definition) is 1. The molecule has 0 saturated carbocycles. The summed E-state index contributed by atoms with van der Waals surface area (Å²) < 4.78 is 6.05. The highest BCUT2D eigenvalue weighted by Crippen LogP contribution is 2.15. The van der Waals surface area contributed by atoms with Gasteiger partial charge in [-0.05, 0) is 31.5 Å². The molecule has 1 N–H and O–H groups in total. The molecule has 0 aliphatic carbocycles. The summed E-state index contributed by atoms with van der Waals surface area (Å²) in [6, 6.07) is 8.40. The van der Waals surface area contributed by atoms with Crippen LogP contribution in [0.4, 0.5) is 0 Å². The standard InChI is InChI=1S/C14H14N2O4/c1-3-20-14(19)11-8-12(13(17)18)16(15-11)10-6-4-5-9(2)7-10/h4-8H,3H2,1-2H3,(H,17,18). The lowest BCUT2D eigenvalue weighted by Gasteiger charge is -2.05. The quantitative estimate of drug-likeness (QED) is 0.863. The Hall–Kier alpha value is -2.63. The Morgan fingerprint density at radius 1 is 1.35 bits per heavy atom. The predicted octanol–water partition coefficient (Wildman–Crippen LogP) is 2.06. The second-order valence-corrected chi connectivity index (χ2v) is 4.19. The molecule has 0 bridgehead atoms. The average molecular weight is 274 g/mol. The van der Waals surface area contributed by atoms with E-state index in [1.54, 1.807) is 25.1 Å². The smallest absolute Gasteiger partial charge is 0.358 e. The van der Waals surface area contributed by atoms with E-state index in [0.717, 1.165) is 5.56 Å². The van der Waals surface area contributed by atoms with Crippen LogP contribution in [0.25, 0.3) is 5.69 Å². The van der Waals surface area contributed by atoms with Crippen LogP contribution in [0.5, 0.6) is 0 Å². The van der Waals surface area contributed by atoms with Crippen molar-refractivity contribution in [3.05, 3.63) is 47.3 Å². The number of carbonyl (C=O) groups is 2. The third-order valence-electron chi connectivity index (χ3n) is 2.66. The SMILES string of the molecule is CCOC(=O)c1cc(C(=O)O)n(-c2cccc(C)c2)n1. The van der Waals surface area contributed by atoms with Crippen molar-refractivity contribution in [2.24, 2.45) is 0 Å². The number of aryl methyl sites for hydroxylation is 1. The van der Waals surface area contributed by atoms with Crippen LogP contribution in [0.15, 0.2) is 30.3 Å². The minimum atomic E-state index is -1.16. The molecule has 0 amide bonds. The average Bonchev–Trinajstić information content (AvgIpc) is 2.84. The molecular weight excluding hydrogens is 260 g/mol. The van der Waals surface area contributed by atoms with Crippen molar-refractivity contribution in [2.75, 3.05) is 6.61 Å². The van der Waals surface area contributed by atoms with Crippen LogP contribution in [0, 0.1) is 6.92 Å². The number of aromatic nitrogens is 2. The van der Waals surface area contributed by atoms with Gasteiger partial charge in [-0.15, -0.1) is 0 Å². The maximum Gasteiger partial charge on any atom is 0.358 e. The van der Waals surface area contributed by atoms with Crippen LogP contribution in [0.3, 0.4) is 0 Å². The van der Waals surface area contributed by atoms with Crippen molar-refractivity contribution in [3.63, 3.8) is 0 Å². The number of hydrogen-bond acceptors (Lipinski definition) is 4. The van der Waals surface area contributed by atoms with Crippen molar-refractivity contribution in [1.29, 1.82) is 0 Å². The number of benzene rings is 1. The number of esters is 1. The van der Waals surface area contributed by atoms with Gasteiger partial charge >= 0.3 is 11.9 Å². The fourth-order valence-electron chi connectivity index (χ4n) is 1.79. The van der Waals surface area contributed by atoms with E-state index in [1.807, 2.05) is 13.0 Å². The summed E-state index contributed by atoms with van der Waals surface area (Å²) >= 11 is 0. The van der Waals surface area contributed by atoms with Crippen molar-refractivity contribution in [2.45, 2.75) is 13.8 Å². The summed E-state index contributed by atoms with van der Waals surface area (Å²) in [6.07, 6.45) is 0. The molecule has 0 radical (unpaired) electrons. The first-order valence-corrected chi connectivity index (χ1v) is 6.10. The largest absolute Gasteiger partial charge is 0.477 e. The van der Waals surface area contributed by atoms with Crippen molar-refractivity contribution >= 4 is 11.9 Å². The highest BCUT2D eigenvalue weighted by atomic mass is 16.5. The minimum absolute atomic E-state index is 0.0224. The third kappa shape index (κ3) is 2.69. The first-order valence-electron chi connectivity index (χ1n) is 6.10. The zero-order chi connectivity index (χ0) is 14.7. The van der Waals surface area contributed by atoms with Gasteiger partial charge < -0.3 is 9.84 Å². The summed E-state index contributed by atoms with van der Waals surface area (Å²) in [4.78, 5) is 22.9. The van der Waals surface area contributed by atoms with Gasteiger partial charge in [0.2, 0.25) is 0 Å². The van der Waals surface area contributed by atoms with Crippen molar-refractivity contribution in [1.82, 2.24) is 9.78 Å². The first kappa shape index (κ1) is 13.8. The van der Waals surface area contributed by atoms with Gasteiger partial charge in [0.25, 0.3) is 0 Å². The molecule has 0 spiro atoms. The second-order valence-electron chi connectivity index (χ2n) is 4.19. The lowest BCUT2D eigenvalue weighted by atomic mass is 10.2. The van der Waals surface area contributed by atoms with E-state index in [-0.39, 0.29) is 18.0 Å². The van der Waals surface area contributed by atoms with Gasteiger partial charge in [-0.3, -0.25) is 0 Å². The summed E-state index contributed by atoms with van der Waals surface area (Å²) in [5.41, 5.74) is 1.44. The molecule has 2 rings (SSSR count). The normalized spacial score (nSPS) is 10.3. The molecular formula is C14H14N2O4. The zero-order valence-electron chi connectivity index (χ0n) is 11.2. The lowest BCUT2D eigenvalue weighted by Crippen LogP contribution is -2.09. The molecule has 20 heavy (non-hydrogen) atoms. The predicted molar refractivity (Wildman–Crippen MR) is 71.2 cm³/mol. The zero-order valence-corrected chi connectivity index (χ0v) is 11.2. The summed E-state index contributed by atoms with van der Waals surface area (Å²) in [5, 5.41) is 13.2. The summed E-state index contributed by atoms with van der Waals surface area (Å²) in [6.45, 7) is 3.77. The molecule has 1 heterocycles. The molecule has 0 aliphatic rings. The number of carboxylic acids is 1. The van der Waals surface area contributed by atoms with Crippen molar-refractivity contribution in [3.8, 4) is 5.69 Å². The summed E-state index contributed by atoms with van der Waals surface area (Å²) in [7, 11) is 0. The Morgan fingerprint density at radius 3 is 2.70 bits per heavy atom. The number of carboxylic acid groups (broad SMARTS) is 1. The highest BCUT2D eigenvalue weighted by molar-refractivity contribution is 5.93. The number of ether oxygens (including phenoxy) is 1. The van der Waals surface area contributed by atoms with E-state index in [0.29, 0.717) is 5.69 Å². The van der Waals surface area contributed by atoms with Gasteiger partial charge in [0, 0.05) is 6.07 Å². The topological polar surface area (TPSA) is 81.4 Å². The number of nitrogens with zero attached hydrogens (tertiary/aromatic N) is 2. The van der Waals surface area contributed by atoms with Crippen LogP contribution in [-0.4, -0.2) is 33.4 Å². The van der Waals surface area contributed by atoms with Crippen LogP contribution >= 0.6 is 0 Å². The summed E-state index contributed by atoms with van der Waals surface area (Å²) in [5.74, 6) is -1.80. The van der Waals surface area contributed by atoms with E-state index in [1.165, 1.54) is 10.7 Å². The van der Waals surface area contributed by atoms with E-state index in [4.69, 9.17) is 4.74 Å². The van der Waals surface area contributed by atoms with Crippen LogP contribution in [0.2, 0.25) is 0 Å². The van der Waals surface area contributed by atoms with Gasteiger partial charge in [0.05, 0.1) is 12.3 Å².